The second-order valence-corrected chi connectivity index (χ2v) is 5.49. The number of benzene rings is 2. The van der Waals surface area contributed by atoms with Gasteiger partial charge in [-0.25, -0.2) is 0 Å². The summed E-state index contributed by atoms with van der Waals surface area (Å²) in [6.07, 6.45) is 1.21. The highest BCUT2D eigenvalue weighted by atomic mass is 35.5. The molecule has 0 spiro atoms. The molecule has 0 aliphatic rings. The molecule has 0 atom stereocenters. The van der Waals surface area contributed by atoms with Crippen molar-refractivity contribution >= 4 is 34.1 Å². The van der Waals surface area contributed by atoms with Crippen molar-refractivity contribution in [2.24, 2.45) is 0 Å². The number of carbonyl (C=O) groups is 1. The van der Waals surface area contributed by atoms with Gasteiger partial charge in [-0.1, -0.05) is 23.7 Å². The number of nitrogens with zero attached hydrogens (tertiary/aromatic N) is 2. The van der Waals surface area contributed by atoms with E-state index in [1.54, 1.807) is 42.5 Å². The van der Waals surface area contributed by atoms with E-state index < -0.39 is 0 Å². The maximum absolute atomic E-state index is 12.3. The minimum atomic E-state index is -0.280. The number of amides is 1. The average Bonchev–Trinajstić information content (AvgIpc) is 2.58. The van der Waals surface area contributed by atoms with Gasteiger partial charge in [-0.3, -0.25) is 14.3 Å². The molecule has 0 unspecified atom stereocenters. The first kappa shape index (κ1) is 16.0. The summed E-state index contributed by atoms with van der Waals surface area (Å²) in [6.45, 7) is -0.0234. The molecule has 1 amide bonds. The molecule has 0 saturated heterocycles. The summed E-state index contributed by atoms with van der Waals surface area (Å²) in [4.78, 5) is 24.1. The third kappa shape index (κ3) is 3.23. The fourth-order valence-electron chi connectivity index (χ4n) is 2.37. The van der Waals surface area contributed by atoms with Crippen LogP contribution in [0, 0.1) is 0 Å². The van der Waals surface area contributed by atoms with Crippen LogP contribution in [-0.4, -0.2) is 22.8 Å². The van der Waals surface area contributed by atoms with Crippen LogP contribution in [0.15, 0.2) is 53.5 Å². The van der Waals surface area contributed by atoms with E-state index in [9.17, 15) is 9.59 Å². The number of anilines is 1. The Kier molecular flexibility index (Phi) is 4.48. The number of halogens is 1. The second-order valence-electron chi connectivity index (χ2n) is 5.08. The van der Waals surface area contributed by atoms with Crippen molar-refractivity contribution in [2.45, 2.75) is 6.54 Å². The topological polar surface area (TPSA) is 73.2 Å². The molecular weight excluding hydrogens is 330 g/mol. The van der Waals surface area contributed by atoms with Crippen molar-refractivity contribution in [3.8, 4) is 5.75 Å². The molecule has 0 fully saturated rings. The van der Waals surface area contributed by atoms with Crippen LogP contribution in [0.3, 0.4) is 0 Å². The van der Waals surface area contributed by atoms with Crippen LogP contribution in [0.4, 0.5) is 5.69 Å². The van der Waals surface area contributed by atoms with Gasteiger partial charge in [-0.15, -0.1) is 0 Å². The van der Waals surface area contributed by atoms with E-state index in [-0.39, 0.29) is 17.9 Å². The maximum Gasteiger partial charge on any atom is 0.246 e. The van der Waals surface area contributed by atoms with Gasteiger partial charge in [-0.05, 0) is 30.3 Å². The van der Waals surface area contributed by atoms with Crippen LogP contribution >= 0.6 is 11.6 Å². The molecule has 1 aromatic heterocycles. The van der Waals surface area contributed by atoms with Crippen molar-refractivity contribution in [3.05, 3.63) is 63.9 Å². The molecule has 0 bridgehead atoms. The predicted octanol–water partition coefficient (Wildman–Crippen LogP) is 2.70. The Morgan fingerprint density at radius 1 is 1.29 bits per heavy atom. The molecule has 122 valence electrons. The van der Waals surface area contributed by atoms with Gasteiger partial charge in [-0.2, -0.15) is 5.10 Å². The molecular formula is C17H14ClN3O3. The lowest BCUT2D eigenvalue weighted by atomic mass is 10.2. The fraction of sp³-hybridized carbons (Fsp3) is 0.118. The Bertz CT molecular complexity index is 969. The summed E-state index contributed by atoms with van der Waals surface area (Å²) < 4.78 is 6.55. The monoisotopic (exact) mass is 343 g/mol. The molecule has 0 radical (unpaired) electrons. The first-order valence-corrected chi connectivity index (χ1v) is 7.54. The summed E-state index contributed by atoms with van der Waals surface area (Å²) in [6, 6.07) is 12.0. The van der Waals surface area contributed by atoms with Gasteiger partial charge in [0.05, 0.1) is 23.8 Å². The van der Waals surface area contributed by atoms with Crippen LogP contribution in [0.1, 0.15) is 0 Å². The largest absolute Gasteiger partial charge is 0.495 e. The van der Waals surface area contributed by atoms with Crippen LogP contribution < -0.4 is 15.5 Å². The first-order chi connectivity index (χ1) is 11.6. The van der Waals surface area contributed by atoms with Gasteiger partial charge in [0.1, 0.15) is 12.3 Å². The van der Waals surface area contributed by atoms with Crippen LogP contribution in [-0.2, 0) is 11.3 Å². The number of nitrogens with one attached hydrogen (secondary N) is 1. The van der Waals surface area contributed by atoms with E-state index in [1.165, 1.54) is 18.0 Å². The van der Waals surface area contributed by atoms with E-state index >= 15 is 0 Å². The Morgan fingerprint density at radius 3 is 2.83 bits per heavy atom. The first-order valence-electron chi connectivity index (χ1n) is 7.17. The Labute approximate surface area is 142 Å². The quantitative estimate of drug-likeness (QED) is 0.790. The summed E-state index contributed by atoms with van der Waals surface area (Å²) in [7, 11) is 1.52. The third-order valence-corrected chi connectivity index (χ3v) is 3.79. The molecule has 24 heavy (non-hydrogen) atoms. The number of hydrogen-bond acceptors (Lipinski definition) is 4. The smallest absolute Gasteiger partial charge is 0.246 e. The highest BCUT2D eigenvalue weighted by molar-refractivity contribution is 6.32. The lowest BCUT2D eigenvalue weighted by molar-refractivity contribution is -0.116. The summed E-state index contributed by atoms with van der Waals surface area (Å²) in [5.74, 6) is 0.250. The Balaban J connectivity index is 1.82. The summed E-state index contributed by atoms with van der Waals surface area (Å²) >= 11 is 6.04. The number of carbonyl (C=O) groups excluding carboxylic acids is 1. The minimum absolute atomic E-state index is 0.0234. The highest BCUT2D eigenvalue weighted by Crippen LogP contribution is 2.27. The molecule has 0 aliphatic heterocycles. The van der Waals surface area contributed by atoms with Gasteiger partial charge in [0.15, 0.2) is 0 Å². The molecule has 1 N–H and O–H groups in total. The van der Waals surface area contributed by atoms with E-state index in [1.807, 2.05) is 0 Å². The Hall–Kier alpha value is -2.86. The van der Waals surface area contributed by atoms with E-state index in [2.05, 4.69) is 10.4 Å². The van der Waals surface area contributed by atoms with Gasteiger partial charge in [0.2, 0.25) is 11.3 Å². The summed E-state index contributed by atoms with van der Waals surface area (Å²) in [5.41, 5.74) is 0.980. The molecule has 0 aliphatic carbocycles. The van der Waals surface area contributed by atoms with Crippen molar-refractivity contribution in [1.82, 2.24) is 9.78 Å². The van der Waals surface area contributed by atoms with E-state index in [4.69, 9.17) is 16.3 Å². The third-order valence-electron chi connectivity index (χ3n) is 3.49. The number of methoxy groups -OCH3 is 1. The lowest BCUT2D eigenvalue weighted by Gasteiger charge is -2.10. The van der Waals surface area contributed by atoms with Crippen molar-refractivity contribution in [1.29, 1.82) is 0 Å². The predicted molar refractivity (Wildman–Crippen MR) is 92.6 cm³/mol. The zero-order chi connectivity index (χ0) is 17.1. The van der Waals surface area contributed by atoms with Crippen LogP contribution in [0.2, 0.25) is 5.02 Å². The molecule has 6 nitrogen and oxygen atoms in total. The van der Waals surface area contributed by atoms with Gasteiger partial charge in [0.25, 0.3) is 0 Å². The van der Waals surface area contributed by atoms with Crippen molar-refractivity contribution in [3.63, 3.8) is 0 Å². The zero-order valence-corrected chi connectivity index (χ0v) is 13.6. The fourth-order valence-corrected chi connectivity index (χ4v) is 2.63. The molecule has 2 aromatic carbocycles. The number of fused-ring (bicyclic) bond motifs is 1. The van der Waals surface area contributed by atoms with Gasteiger partial charge in [0, 0.05) is 11.1 Å². The van der Waals surface area contributed by atoms with Crippen LogP contribution in [0.5, 0.6) is 5.75 Å². The lowest BCUT2D eigenvalue weighted by Crippen LogP contribution is -2.22. The number of rotatable bonds is 4. The number of para-hydroxylation sites is 1. The molecule has 3 aromatic rings. The van der Waals surface area contributed by atoms with Gasteiger partial charge >= 0.3 is 0 Å². The average molecular weight is 344 g/mol. The standard InChI is InChI=1S/C17H14ClN3O3/c1-24-16-7-6-11(8-13(16)18)20-17(23)10-21-14-5-3-2-4-12(14)15(22)9-19-21/h2-9H,10H2,1H3,(H,20,23). The Morgan fingerprint density at radius 2 is 2.08 bits per heavy atom. The zero-order valence-electron chi connectivity index (χ0n) is 12.8. The van der Waals surface area contributed by atoms with Crippen molar-refractivity contribution < 1.29 is 9.53 Å². The van der Waals surface area contributed by atoms with E-state index in [0.29, 0.717) is 27.4 Å². The SMILES string of the molecule is COc1ccc(NC(=O)Cn2ncc(=O)c3ccccc32)cc1Cl. The number of aromatic nitrogens is 2. The molecule has 1 heterocycles. The number of hydrogen-bond donors (Lipinski definition) is 1. The molecule has 0 saturated carbocycles. The molecule has 3 rings (SSSR count). The maximum atomic E-state index is 12.3. The number of ether oxygens (including phenoxy) is 1. The summed E-state index contributed by atoms with van der Waals surface area (Å²) in [5, 5.41) is 7.70. The highest BCUT2D eigenvalue weighted by Gasteiger charge is 2.09. The van der Waals surface area contributed by atoms with Gasteiger partial charge < -0.3 is 10.1 Å². The van der Waals surface area contributed by atoms with Crippen molar-refractivity contribution in [2.75, 3.05) is 12.4 Å². The normalized spacial score (nSPS) is 10.6. The van der Waals surface area contributed by atoms with Crippen LogP contribution in [0.25, 0.3) is 10.9 Å². The minimum Gasteiger partial charge on any atom is -0.495 e. The second kappa shape index (κ2) is 6.72. The molecule has 7 heteroatoms. The van der Waals surface area contributed by atoms with E-state index in [0.717, 1.165) is 0 Å².